The molecular formula is C21H24O2S. The molecule has 0 spiro atoms. The van der Waals surface area contributed by atoms with E-state index in [-0.39, 0.29) is 10.9 Å². The van der Waals surface area contributed by atoms with Crippen LogP contribution < -0.4 is 4.74 Å². The molecule has 2 nitrogen and oxygen atoms in total. The Balaban J connectivity index is 1.59. The molecule has 2 atom stereocenters. The van der Waals surface area contributed by atoms with E-state index in [4.69, 9.17) is 9.47 Å². The Morgan fingerprint density at radius 2 is 1.96 bits per heavy atom. The highest BCUT2D eigenvalue weighted by Crippen LogP contribution is 2.52. The van der Waals surface area contributed by atoms with Crippen molar-refractivity contribution >= 4 is 11.8 Å². The maximum Gasteiger partial charge on any atom is 0.123 e. The second kappa shape index (κ2) is 6.45. The number of ether oxygens (including phenoxy) is 2. The molecule has 4 rings (SSSR count). The van der Waals surface area contributed by atoms with Gasteiger partial charge in [-0.25, -0.2) is 0 Å². The van der Waals surface area contributed by atoms with Gasteiger partial charge in [-0.05, 0) is 35.6 Å². The first kappa shape index (κ1) is 16.0. The van der Waals surface area contributed by atoms with Gasteiger partial charge in [-0.1, -0.05) is 56.3 Å². The molecule has 1 aliphatic heterocycles. The number of fused-ring (bicyclic) bond motifs is 3. The molecule has 2 aromatic rings. The molecule has 0 amide bonds. The molecule has 0 saturated carbocycles. The third kappa shape index (κ3) is 2.96. The van der Waals surface area contributed by atoms with Crippen molar-refractivity contribution in [3.05, 3.63) is 65.2 Å². The third-order valence-electron chi connectivity index (χ3n) is 5.36. The Morgan fingerprint density at radius 3 is 2.79 bits per heavy atom. The first-order valence-corrected chi connectivity index (χ1v) is 9.68. The van der Waals surface area contributed by atoms with Crippen molar-refractivity contribution in [1.29, 1.82) is 0 Å². The first-order valence-electron chi connectivity index (χ1n) is 8.69. The minimum absolute atomic E-state index is 0.213. The van der Waals surface area contributed by atoms with E-state index in [9.17, 15) is 0 Å². The van der Waals surface area contributed by atoms with E-state index in [0.717, 1.165) is 18.1 Å². The van der Waals surface area contributed by atoms with Gasteiger partial charge >= 0.3 is 0 Å². The summed E-state index contributed by atoms with van der Waals surface area (Å²) in [6, 6.07) is 16.8. The minimum atomic E-state index is 0.213. The summed E-state index contributed by atoms with van der Waals surface area (Å²) < 4.78 is 12.6. The minimum Gasteiger partial charge on any atom is -0.489 e. The lowest BCUT2D eigenvalue weighted by atomic mass is 9.75. The van der Waals surface area contributed by atoms with Crippen molar-refractivity contribution in [2.24, 2.45) is 5.92 Å². The molecule has 3 heteroatoms. The van der Waals surface area contributed by atoms with E-state index < -0.39 is 0 Å². The highest BCUT2D eigenvalue weighted by Gasteiger charge is 2.44. The maximum absolute atomic E-state index is 6.17. The fourth-order valence-electron chi connectivity index (χ4n) is 3.94. The molecule has 2 aliphatic rings. The van der Waals surface area contributed by atoms with Gasteiger partial charge in [0, 0.05) is 10.7 Å². The zero-order chi connectivity index (χ0) is 16.6. The van der Waals surface area contributed by atoms with E-state index >= 15 is 0 Å². The van der Waals surface area contributed by atoms with Crippen LogP contribution in [0.2, 0.25) is 0 Å². The second-order valence-electron chi connectivity index (χ2n) is 7.20. The van der Waals surface area contributed by atoms with Gasteiger partial charge in [0.2, 0.25) is 0 Å². The van der Waals surface area contributed by atoms with Gasteiger partial charge in [0.25, 0.3) is 0 Å². The summed E-state index contributed by atoms with van der Waals surface area (Å²) in [7, 11) is 0. The molecule has 1 aliphatic carbocycles. The molecule has 2 aromatic carbocycles. The Hall–Kier alpha value is -1.45. The van der Waals surface area contributed by atoms with Crippen LogP contribution in [0.15, 0.2) is 48.5 Å². The molecule has 1 heterocycles. The Bertz CT molecular complexity index is 711. The lowest BCUT2D eigenvalue weighted by molar-refractivity contribution is 0.00522. The molecule has 0 bridgehead atoms. The molecule has 1 fully saturated rings. The van der Waals surface area contributed by atoms with E-state index in [2.05, 4.69) is 56.3 Å². The van der Waals surface area contributed by atoms with Crippen LogP contribution in [0, 0.1) is 5.92 Å². The molecule has 0 N–H and O–H groups in total. The monoisotopic (exact) mass is 340 g/mol. The van der Waals surface area contributed by atoms with Crippen LogP contribution in [0.4, 0.5) is 0 Å². The van der Waals surface area contributed by atoms with Gasteiger partial charge in [0.1, 0.15) is 12.4 Å². The molecule has 0 radical (unpaired) electrons. The van der Waals surface area contributed by atoms with Crippen LogP contribution in [0.3, 0.4) is 0 Å². The van der Waals surface area contributed by atoms with E-state index in [1.807, 2.05) is 17.8 Å². The number of rotatable bonds is 3. The maximum atomic E-state index is 6.17. The fourth-order valence-corrected chi connectivity index (χ4v) is 4.91. The summed E-state index contributed by atoms with van der Waals surface area (Å²) in [5.41, 5.74) is 3.89. The fraction of sp³-hybridized carbons (Fsp3) is 0.429. The topological polar surface area (TPSA) is 18.5 Å². The summed E-state index contributed by atoms with van der Waals surface area (Å²) in [6.07, 6.45) is 2.46. The van der Waals surface area contributed by atoms with Crippen molar-refractivity contribution in [2.75, 3.05) is 5.94 Å². The quantitative estimate of drug-likeness (QED) is 0.748. The molecule has 126 valence electrons. The van der Waals surface area contributed by atoms with Crippen molar-refractivity contribution in [1.82, 2.24) is 0 Å². The largest absolute Gasteiger partial charge is 0.489 e. The van der Waals surface area contributed by atoms with Crippen molar-refractivity contribution in [2.45, 2.75) is 44.1 Å². The lowest BCUT2D eigenvalue weighted by Crippen LogP contribution is -2.41. The summed E-state index contributed by atoms with van der Waals surface area (Å²) in [6.45, 7) is 5.34. The molecule has 0 aromatic heterocycles. The zero-order valence-electron chi connectivity index (χ0n) is 14.3. The third-order valence-corrected chi connectivity index (χ3v) is 6.66. The van der Waals surface area contributed by atoms with Crippen LogP contribution in [0.1, 0.15) is 43.1 Å². The van der Waals surface area contributed by atoms with Crippen LogP contribution in [0.25, 0.3) is 0 Å². The van der Waals surface area contributed by atoms with Crippen LogP contribution in [0.5, 0.6) is 5.75 Å². The standard InChI is InChI=1S/C21H24O2S/c1-21(2)18-12-11-16-17(20(18)23-14-24-21)9-6-10-19(16)22-13-15-7-4-3-5-8-15/h3-10,18,20H,11-14H2,1-2H3/t18-,20+/m0/s1. The van der Waals surface area contributed by atoms with Gasteiger partial charge in [-0.15, -0.1) is 11.8 Å². The Morgan fingerprint density at radius 1 is 1.12 bits per heavy atom. The Labute approximate surface area is 148 Å². The van der Waals surface area contributed by atoms with Gasteiger partial charge in [0.05, 0.1) is 12.0 Å². The summed E-state index contributed by atoms with van der Waals surface area (Å²) in [5.74, 6) is 2.38. The first-order chi connectivity index (χ1) is 11.6. The van der Waals surface area contributed by atoms with Gasteiger partial charge in [0.15, 0.2) is 0 Å². The number of thioether (sulfide) groups is 1. The molecular weight excluding hydrogens is 316 g/mol. The highest BCUT2D eigenvalue weighted by molar-refractivity contribution is 8.00. The van der Waals surface area contributed by atoms with Gasteiger partial charge < -0.3 is 9.47 Å². The van der Waals surface area contributed by atoms with Crippen molar-refractivity contribution in [3.63, 3.8) is 0 Å². The average Bonchev–Trinajstić information content (AvgIpc) is 2.60. The number of hydrogen-bond acceptors (Lipinski definition) is 3. The number of hydrogen-bond donors (Lipinski definition) is 0. The van der Waals surface area contributed by atoms with Crippen LogP contribution >= 0.6 is 11.8 Å². The highest BCUT2D eigenvalue weighted by atomic mass is 32.2. The van der Waals surface area contributed by atoms with E-state index in [1.165, 1.54) is 23.1 Å². The second-order valence-corrected chi connectivity index (χ2v) is 8.77. The summed E-state index contributed by atoms with van der Waals surface area (Å²) >= 11 is 1.94. The number of benzene rings is 2. The summed E-state index contributed by atoms with van der Waals surface area (Å²) in [5, 5.41) is 0. The molecule has 1 saturated heterocycles. The van der Waals surface area contributed by atoms with Crippen LogP contribution in [-0.4, -0.2) is 10.7 Å². The van der Waals surface area contributed by atoms with Crippen LogP contribution in [-0.2, 0) is 17.8 Å². The van der Waals surface area contributed by atoms with E-state index in [1.54, 1.807) is 0 Å². The lowest BCUT2D eigenvalue weighted by Gasteiger charge is -2.46. The van der Waals surface area contributed by atoms with Gasteiger partial charge in [-0.2, -0.15) is 0 Å². The average molecular weight is 340 g/mol. The van der Waals surface area contributed by atoms with Gasteiger partial charge in [-0.3, -0.25) is 0 Å². The Kier molecular flexibility index (Phi) is 4.31. The van der Waals surface area contributed by atoms with E-state index in [0.29, 0.717) is 12.5 Å². The summed E-state index contributed by atoms with van der Waals surface area (Å²) in [4.78, 5) is 0. The van der Waals surface area contributed by atoms with Crippen molar-refractivity contribution in [3.8, 4) is 5.75 Å². The SMILES string of the molecule is CC1(C)SCO[C@@H]2c3cccc(OCc4ccccc4)c3CC[C@@H]21. The smallest absolute Gasteiger partial charge is 0.123 e. The molecule has 24 heavy (non-hydrogen) atoms. The normalized spacial score (nSPS) is 24.8. The molecule has 0 unspecified atom stereocenters. The van der Waals surface area contributed by atoms with Crippen molar-refractivity contribution < 1.29 is 9.47 Å². The predicted molar refractivity (Wildman–Crippen MR) is 99.4 cm³/mol. The predicted octanol–water partition coefficient (Wildman–Crippen LogP) is 5.37. The zero-order valence-corrected chi connectivity index (χ0v) is 15.1.